The number of aromatic nitrogens is 1. The number of benzene rings is 1. The maximum absolute atomic E-state index is 11.0. The predicted octanol–water partition coefficient (Wildman–Crippen LogP) is 2.72. The number of fused-ring (bicyclic) bond motifs is 1. The number of aryl methyl sites for hydroxylation is 1. The molecule has 2 aromatic rings. The Kier molecular flexibility index (Phi) is 2.45. The van der Waals surface area contributed by atoms with Crippen molar-refractivity contribution in [2.75, 3.05) is 0 Å². The van der Waals surface area contributed by atoms with Gasteiger partial charge in [0.05, 0.1) is 13.2 Å². The number of H-pyrrole nitrogens is 1. The first-order valence-electron chi connectivity index (χ1n) is 5.78. The number of nitrogens with one attached hydrogen (secondary N) is 1. The van der Waals surface area contributed by atoms with E-state index in [-0.39, 0.29) is 5.69 Å². The van der Waals surface area contributed by atoms with Gasteiger partial charge >= 0.3 is 5.97 Å². The lowest BCUT2D eigenvalue weighted by Crippen LogP contribution is -1.98. The van der Waals surface area contributed by atoms with Gasteiger partial charge in [-0.05, 0) is 41.3 Å². The number of rotatable bonds is 2. The average molecular weight is 243 g/mol. The van der Waals surface area contributed by atoms with Gasteiger partial charge in [0.25, 0.3) is 0 Å². The maximum atomic E-state index is 11.0. The zero-order valence-corrected chi connectivity index (χ0v) is 9.99. The first-order chi connectivity index (χ1) is 8.65. The van der Waals surface area contributed by atoms with Crippen molar-refractivity contribution in [3.63, 3.8) is 0 Å². The van der Waals surface area contributed by atoms with Gasteiger partial charge in [0.2, 0.25) is 0 Å². The molecule has 1 aromatic heterocycles. The molecule has 0 saturated heterocycles. The van der Waals surface area contributed by atoms with Crippen molar-refractivity contribution < 1.29 is 14.6 Å². The van der Waals surface area contributed by atoms with Crippen LogP contribution in [0.1, 0.15) is 27.2 Å². The van der Waals surface area contributed by atoms with Crippen LogP contribution >= 0.6 is 0 Å². The van der Waals surface area contributed by atoms with Gasteiger partial charge in [-0.2, -0.15) is 0 Å². The number of ether oxygens (including phenoxy) is 1. The monoisotopic (exact) mass is 243 g/mol. The fourth-order valence-corrected chi connectivity index (χ4v) is 2.28. The molecule has 0 spiro atoms. The van der Waals surface area contributed by atoms with Gasteiger partial charge in [-0.25, -0.2) is 4.79 Å². The van der Waals surface area contributed by atoms with E-state index in [9.17, 15) is 4.79 Å². The summed E-state index contributed by atoms with van der Waals surface area (Å²) in [5.41, 5.74) is 5.21. The largest absolute Gasteiger partial charge is 0.477 e. The lowest BCUT2D eigenvalue weighted by molar-refractivity contribution is 0.0690. The summed E-state index contributed by atoms with van der Waals surface area (Å²) >= 11 is 0. The molecule has 0 amide bonds. The van der Waals surface area contributed by atoms with Gasteiger partial charge in [0, 0.05) is 5.69 Å². The van der Waals surface area contributed by atoms with E-state index >= 15 is 0 Å². The first kappa shape index (κ1) is 11.0. The summed E-state index contributed by atoms with van der Waals surface area (Å²) < 4.78 is 5.37. The van der Waals surface area contributed by atoms with Gasteiger partial charge in [-0.1, -0.05) is 12.1 Å². The summed E-state index contributed by atoms with van der Waals surface area (Å²) in [4.78, 5) is 14.0. The third-order valence-electron chi connectivity index (χ3n) is 3.26. The summed E-state index contributed by atoms with van der Waals surface area (Å²) in [6.45, 7) is 3.09. The van der Waals surface area contributed by atoms with Crippen LogP contribution in [0, 0.1) is 6.92 Å². The third-order valence-corrected chi connectivity index (χ3v) is 3.26. The molecule has 2 heterocycles. The van der Waals surface area contributed by atoms with Gasteiger partial charge in [0.1, 0.15) is 5.69 Å². The van der Waals surface area contributed by atoms with Crippen LogP contribution in [0.25, 0.3) is 11.3 Å². The molecular weight excluding hydrogens is 230 g/mol. The van der Waals surface area contributed by atoms with E-state index in [1.54, 1.807) is 6.92 Å². The van der Waals surface area contributed by atoms with Gasteiger partial charge in [-0.15, -0.1) is 0 Å². The zero-order valence-electron chi connectivity index (χ0n) is 9.99. The van der Waals surface area contributed by atoms with Crippen LogP contribution in [0.3, 0.4) is 0 Å². The van der Waals surface area contributed by atoms with E-state index < -0.39 is 5.97 Å². The zero-order chi connectivity index (χ0) is 12.7. The molecule has 18 heavy (non-hydrogen) atoms. The molecular formula is C14H13NO3. The molecule has 0 saturated carbocycles. The standard InChI is InChI=1S/C14H13NO3/c1-8-4-12(15-13(8)14(16)17)9-2-3-10-6-18-7-11(10)5-9/h2-5,15H,6-7H2,1H3,(H,16,17). The molecule has 2 N–H and O–H groups in total. The molecule has 0 bridgehead atoms. The van der Waals surface area contributed by atoms with Crippen molar-refractivity contribution in [3.8, 4) is 11.3 Å². The Balaban J connectivity index is 2.05. The van der Waals surface area contributed by atoms with Crippen LogP contribution in [0.5, 0.6) is 0 Å². The highest BCUT2D eigenvalue weighted by Gasteiger charge is 2.15. The second-order valence-corrected chi connectivity index (χ2v) is 4.52. The summed E-state index contributed by atoms with van der Waals surface area (Å²) in [5.74, 6) is -0.928. The van der Waals surface area contributed by atoms with E-state index in [4.69, 9.17) is 9.84 Å². The third kappa shape index (κ3) is 1.71. The van der Waals surface area contributed by atoms with Crippen LogP contribution in [0.15, 0.2) is 24.3 Å². The smallest absolute Gasteiger partial charge is 0.352 e. The number of carboxylic acids is 1. The molecule has 3 rings (SSSR count). The summed E-state index contributed by atoms with van der Waals surface area (Å²) in [5, 5.41) is 9.03. The minimum absolute atomic E-state index is 0.252. The molecule has 1 aliphatic rings. The molecule has 0 radical (unpaired) electrons. The molecule has 0 aliphatic carbocycles. The molecule has 0 atom stereocenters. The molecule has 4 heteroatoms. The lowest BCUT2D eigenvalue weighted by atomic mass is 10.0. The van der Waals surface area contributed by atoms with Gasteiger partial charge in [0.15, 0.2) is 0 Å². The number of hydrogen-bond acceptors (Lipinski definition) is 2. The number of carboxylic acid groups (broad SMARTS) is 1. The topological polar surface area (TPSA) is 62.3 Å². The van der Waals surface area contributed by atoms with Gasteiger partial charge in [-0.3, -0.25) is 0 Å². The second kappa shape index (κ2) is 3.99. The molecule has 1 aromatic carbocycles. The molecule has 4 nitrogen and oxygen atoms in total. The molecule has 0 unspecified atom stereocenters. The number of aromatic amines is 1. The Morgan fingerprint density at radius 3 is 2.78 bits per heavy atom. The quantitative estimate of drug-likeness (QED) is 0.852. The number of hydrogen-bond donors (Lipinski definition) is 2. The highest BCUT2D eigenvalue weighted by atomic mass is 16.5. The van der Waals surface area contributed by atoms with Crippen LogP contribution in [-0.4, -0.2) is 16.1 Å². The molecule has 92 valence electrons. The average Bonchev–Trinajstić information content (AvgIpc) is 2.93. The van der Waals surface area contributed by atoms with Crippen molar-refractivity contribution >= 4 is 5.97 Å². The van der Waals surface area contributed by atoms with E-state index in [1.807, 2.05) is 18.2 Å². The van der Waals surface area contributed by atoms with Crippen LogP contribution < -0.4 is 0 Å². The SMILES string of the molecule is Cc1cc(-c2ccc3c(c2)COC3)[nH]c1C(=O)O. The second-order valence-electron chi connectivity index (χ2n) is 4.52. The summed E-state index contributed by atoms with van der Waals surface area (Å²) in [7, 11) is 0. The minimum Gasteiger partial charge on any atom is -0.477 e. The predicted molar refractivity (Wildman–Crippen MR) is 66.4 cm³/mol. The minimum atomic E-state index is -0.928. The Morgan fingerprint density at radius 2 is 2.06 bits per heavy atom. The highest BCUT2D eigenvalue weighted by molar-refractivity contribution is 5.88. The lowest BCUT2D eigenvalue weighted by Gasteiger charge is -2.01. The fourth-order valence-electron chi connectivity index (χ4n) is 2.28. The van der Waals surface area contributed by atoms with Crippen LogP contribution in [-0.2, 0) is 18.0 Å². The van der Waals surface area contributed by atoms with Crippen molar-refractivity contribution in [1.82, 2.24) is 4.98 Å². The molecule has 0 fully saturated rings. The summed E-state index contributed by atoms with van der Waals surface area (Å²) in [6.07, 6.45) is 0. The first-order valence-corrected chi connectivity index (χ1v) is 5.78. The Morgan fingerprint density at radius 1 is 1.28 bits per heavy atom. The van der Waals surface area contributed by atoms with E-state index in [0.717, 1.165) is 16.8 Å². The van der Waals surface area contributed by atoms with Gasteiger partial charge < -0.3 is 14.8 Å². The maximum Gasteiger partial charge on any atom is 0.352 e. The summed E-state index contributed by atoms with van der Waals surface area (Å²) in [6, 6.07) is 7.94. The van der Waals surface area contributed by atoms with Crippen molar-refractivity contribution in [2.45, 2.75) is 20.1 Å². The van der Waals surface area contributed by atoms with Crippen molar-refractivity contribution in [3.05, 3.63) is 46.6 Å². The normalized spacial score (nSPS) is 13.6. The Labute approximate surface area is 104 Å². The Bertz CT molecular complexity index is 628. The molecule has 1 aliphatic heterocycles. The van der Waals surface area contributed by atoms with Crippen LogP contribution in [0.2, 0.25) is 0 Å². The van der Waals surface area contributed by atoms with Crippen LogP contribution in [0.4, 0.5) is 0 Å². The van der Waals surface area contributed by atoms with Crippen molar-refractivity contribution in [2.24, 2.45) is 0 Å². The highest BCUT2D eigenvalue weighted by Crippen LogP contribution is 2.27. The number of carbonyl (C=O) groups is 1. The Hall–Kier alpha value is -2.07. The van der Waals surface area contributed by atoms with E-state index in [0.29, 0.717) is 13.2 Å². The fraction of sp³-hybridized carbons (Fsp3) is 0.214. The van der Waals surface area contributed by atoms with Crippen molar-refractivity contribution in [1.29, 1.82) is 0 Å². The number of aromatic carboxylic acids is 1. The van der Waals surface area contributed by atoms with E-state index in [2.05, 4.69) is 11.1 Å². The van der Waals surface area contributed by atoms with E-state index in [1.165, 1.54) is 11.1 Å².